The lowest BCUT2D eigenvalue weighted by Gasteiger charge is -2.04. The second-order valence-electron chi connectivity index (χ2n) is 2.76. The van der Waals surface area contributed by atoms with Gasteiger partial charge in [0, 0.05) is 13.5 Å². The third-order valence-electron chi connectivity index (χ3n) is 1.77. The molecule has 0 aromatic carbocycles. The molecule has 0 bridgehead atoms. The zero-order chi connectivity index (χ0) is 11.4. The highest BCUT2D eigenvalue weighted by Crippen LogP contribution is 2.16. The molecule has 0 saturated carbocycles. The quantitative estimate of drug-likeness (QED) is 0.890. The maximum absolute atomic E-state index is 11.6. The number of rotatable bonds is 3. The van der Waals surface area contributed by atoms with Crippen LogP contribution in [0.3, 0.4) is 0 Å². The van der Waals surface area contributed by atoms with Gasteiger partial charge >= 0.3 is 0 Å². The van der Waals surface area contributed by atoms with Crippen molar-refractivity contribution in [2.45, 2.75) is 13.0 Å². The van der Waals surface area contributed by atoms with E-state index in [1.54, 1.807) is 7.05 Å². The summed E-state index contributed by atoms with van der Waals surface area (Å²) in [6, 6.07) is 0. The highest BCUT2D eigenvalue weighted by Gasteiger charge is 2.07. The molecule has 0 aliphatic heterocycles. The van der Waals surface area contributed by atoms with Crippen molar-refractivity contribution in [3.8, 4) is 0 Å². The molecule has 82 valence electrons. The number of halogens is 2. The normalized spacial score (nSPS) is 10.1. The van der Waals surface area contributed by atoms with Gasteiger partial charge in [-0.2, -0.15) is 5.10 Å². The van der Waals surface area contributed by atoms with Gasteiger partial charge in [-0.15, -0.1) is 0 Å². The zero-order valence-electron chi connectivity index (χ0n) is 7.96. The molecule has 1 amide bonds. The number of nitrogens with zero attached hydrogens (tertiary/aromatic N) is 2. The molecule has 1 rings (SSSR count). The van der Waals surface area contributed by atoms with Crippen LogP contribution < -0.4 is 10.9 Å². The fourth-order valence-electron chi connectivity index (χ4n) is 0.937. The van der Waals surface area contributed by atoms with Gasteiger partial charge in [0.05, 0.1) is 17.2 Å². The summed E-state index contributed by atoms with van der Waals surface area (Å²) < 4.78 is 2.25. The first kappa shape index (κ1) is 12.4. The summed E-state index contributed by atoms with van der Waals surface area (Å²) >= 11 is 6.31. The molecule has 15 heavy (non-hydrogen) atoms. The van der Waals surface area contributed by atoms with Crippen molar-refractivity contribution in [3.63, 3.8) is 0 Å². The number of hydrogen-bond donors (Lipinski definition) is 1. The fourth-order valence-corrected chi connectivity index (χ4v) is 1.50. The summed E-state index contributed by atoms with van der Waals surface area (Å²) in [7, 11) is 1.55. The van der Waals surface area contributed by atoms with Crippen LogP contribution in [0.15, 0.2) is 19.9 Å². The first-order valence-electron chi connectivity index (χ1n) is 4.18. The van der Waals surface area contributed by atoms with Gasteiger partial charge in [0.25, 0.3) is 5.56 Å². The number of aryl methyl sites for hydroxylation is 1. The molecule has 1 aromatic heterocycles. The van der Waals surface area contributed by atoms with Crippen molar-refractivity contribution in [3.05, 3.63) is 25.5 Å². The SMILES string of the molecule is CNC(=O)CCn1ncc(Br)c(Br)c1=O. The van der Waals surface area contributed by atoms with Gasteiger partial charge in [0.2, 0.25) is 5.91 Å². The molecular formula is C8H9Br2N3O2. The van der Waals surface area contributed by atoms with E-state index in [2.05, 4.69) is 42.3 Å². The number of carbonyl (C=O) groups is 1. The number of carbonyl (C=O) groups excluding carboxylic acids is 1. The van der Waals surface area contributed by atoms with Gasteiger partial charge in [-0.3, -0.25) is 9.59 Å². The summed E-state index contributed by atoms with van der Waals surface area (Å²) in [6.45, 7) is 0.268. The van der Waals surface area contributed by atoms with E-state index in [1.165, 1.54) is 10.9 Å². The molecule has 0 aliphatic rings. The van der Waals surface area contributed by atoms with Crippen molar-refractivity contribution in [2.75, 3.05) is 7.05 Å². The molecule has 7 heteroatoms. The predicted molar refractivity (Wildman–Crippen MR) is 62.6 cm³/mol. The predicted octanol–water partition coefficient (Wildman–Crippen LogP) is 0.904. The largest absolute Gasteiger partial charge is 0.359 e. The first-order valence-corrected chi connectivity index (χ1v) is 5.76. The molecule has 1 heterocycles. The number of hydrogen-bond acceptors (Lipinski definition) is 3. The third-order valence-corrected chi connectivity index (χ3v) is 3.67. The number of aromatic nitrogens is 2. The topological polar surface area (TPSA) is 64.0 Å². The van der Waals surface area contributed by atoms with Gasteiger partial charge in [0.15, 0.2) is 0 Å². The van der Waals surface area contributed by atoms with E-state index in [4.69, 9.17) is 0 Å². The summed E-state index contributed by atoms with van der Waals surface area (Å²) in [5.41, 5.74) is -0.256. The van der Waals surface area contributed by atoms with E-state index in [9.17, 15) is 9.59 Å². The standard InChI is InChI=1S/C8H9Br2N3O2/c1-11-6(14)2-3-13-8(15)7(10)5(9)4-12-13/h4H,2-3H2,1H3,(H,11,14). The Balaban J connectivity index is 2.84. The smallest absolute Gasteiger partial charge is 0.282 e. The van der Waals surface area contributed by atoms with Crippen molar-refractivity contribution in [1.29, 1.82) is 0 Å². The lowest BCUT2D eigenvalue weighted by atomic mass is 10.4. The van der Waals surface area contributed by atoms with E-state index < -0.39 is 0 Å². The fraction of sp³-hybridized carbons (Fsp3) is 0.375. The lowest BCUT2D eigenvalue weighted by molar-refractivity contribution is -0.120. The molecule has 0 spiro atoms. The average Bonchev–Trinajstić information content (AvgIpc) is 2.24. The molecular weight excluding hydrogens is 330 g/mol. The van der Waals surface area contributed by atoms with Gasteiger partial charge in [-0.25, -0.2) is 4.68 Å². The van der Waals surface area contributed by atoms with Crippen molar-refractivity contribution in [2.24, 2.45) is 0 Å². The van der Waals surface area contributed by atoms with Gasteiger partial charge in [-0.05, 0) is 31.9 Å². The Morgan fingerprint density at radius 1 is 1.60 bits per heavy atom. The summed E-state index contributed by atoms with van der Waals surface area (Å²) in [5, 5.41) is 6.37. The zero-order valence-corrected chi connectivity index (χ0v) is 11.1. The van der Waals surface area contributed by atoms with Crippen molar-refractivity contribution < 1.29 is 4.79 Å². The number of amides is 1. The third kappa shape index (κ3) is 3.13. The maximum atomic E-state index is 11.6. The Morgan fingerprint density at radius 2 is 2.27 bits per heavy atom. The monoisotopic (exact) mass is 337 g/mol. The second-order valence-corrected chi connectivity index (χ2v) is 4.41. The van der Waals surface area contributed by atoms with Crippen LogP contribution >= 0.6 is 31.9 Å². The molecule has 0 fully saturated rings. The Morgan fingerprint density at radius 3 is 2.87 bits per heavy atom. The van der Waals surface area contributed by atoms with Crippen LogP contribution in [0.4, 0.5) is 0 Å². The minimum atomic E-state index is -0.256. The van der Waals surface area contributed by atoms with Crippen LogP contribution in [0.2, 0.25) is 0 Å². The first-order chi connectivity index (χ1) is 7.06. The Kier molecular flexibility index (Phi) is 4.46. The molecule has 1 aromatic rings. The summed E-state index contributed by atoms with van der Waals surface area (Å²) in [4.78, 5) is 22.6. The van der Waals surface area contributed by atoms with Gasteiger partial charge in [-0.1, -0.05) is 0 Å². The Bertz CT molecular complexity index is 430. The lowest BCUT2D eigenvalue weighted by Crippen LogP contribution is -2.27. The highest BCUT2D eigenvalue weighted by molar-refractivity contribution is 9.13. The van der Waals surface area contributed by atoms with E-state index >= 15 is 0 Å². The van der Waals surface area contributed by atoms with E-state index in [0.29, 0.717) is 8.95 Å². The minimum Gasteiger partial charge on any atom is -0.359 e. The van der Waals surface area contributed by atoms with E-state index in [0.717, 1.165) is 0 Å². The van der Waals surface area contributed by atoms with Crippen LogP contribution in [0.25, 0.3) is 0 Å². The summed E-state index contributed by atoms with van der Waals surface area (Å²) in [6.07, 6.45) is 1.74. The van der Waals surface area contributed by atoms with Crippen LogP contribution in [0, 0.1) is 0 Å². The molecule has 0 saturated heterocycles. The molecule has 1 N–H and O–H groups in total. The van der Waals surface area contributed by atoms with E-state index in [1.807, 2.05) is 0 Å². The van der Waals surface area contributed by atoms with Crippen LogP contribution in [-0.4, -0.2) is 22.7 Å². The van der Waals surface area contributed by atoms with Crippen LogP contribution in [0.5, 0.6) is 0 Å². The molecule has 0 radical (unpaired) electrons. The van der Waals surface area contributed by atoms with Gasteiger partial charge < -0.3 is 5.32 Å². The molecule has 0 unspecified atom stereocenters. The van der Waals surface area contributed by atoms with E-state index in [-0.39, 0.29) is 24.4 Å². The van der Waals surface area contributed by atoms with Crippen molar-refractivity contribution >= 4 is 37.8 Å². The van der Waals surface area contributed by atoms with Crippen molar-refractivity contribution in [1.82, 2.24) is 15.1 Å². The molecule has 0 aliphatic carbocycles. The Hall–Kier alpha value is -0.690. The molecule has 5 nitrogen and oxygen atoms in total. The van der Waals surface area contributed by atoms with Gasteiger partial charge in [0.1, 0.15) is 4.47 Å². The highest BCUT2D eigenvalue weighted by atomic mass is 79.9. The average molecular weight is 339 g/mol. The van der Waals surface area contributed by atoms with Crippen LogP contribution in [0.1, 0.15) is 6.42 Å². The maximum Gasteiger partial charge on any atom is 0.282 e. The minimum absolute atomic E-state index is 0.122. The van der Waals surface area contributed by atoms with Crippen LogP contribution in [-0.2, 0) is 11.3 Å². The molecule has 0 atom stereocenters. The Labute approximate surface area is 103 Å². The number of nitrogens with one attached hydrogen (secondary N) is 1. The second kappa shape index (κ2) is 5.41. The summed E-state index contributed by atoms with van der Waals surface area (Å²) in [5.74, 6) is -0.122.